The summed E-state index contributed by atoms with van der Waals surface area (Å²) in [5.74, 6) is 0.0133. The van der Waals surface area contributed by atoms with Crippen LogP contribution in [0.1, 0.15) is 15.9 Å². The quantitative estimate of drug-likeness (QED) is 0.742. The van der Waals surface area contributed by atoms with Crippen molar-refractivity contribution in [3.05, 3.63) is 66.5 Å². The number of pyridine rings is 2. The molecule has 3 rings (SSSR count). The molecule has 0 saturated carbocycles. The second kappa shape index (κ2) is 7.13. The molecule has 3 heterocycles. The lowest BCUT2D eigenvalue weighted by atomic mass is 10.2. The summed E-state index contributed by atoms with van der Waals surface area (Å²) in [5, 5.41) is 5.36. The maximum atomic E-state index is 12.5. The number of nitrogens with zero attached hydrogens (tertiary/aromatic N) is 4. The summed E-state index contributed by atoms with van der Waals surface area (Å²) in [6.07, 6.45) is 1.87. The van der Waals surface area contributed by atoms with Crippen LogP contribution in [-0.2, 0) is 6.18 Å². The molecule has 0 unspecified atom stereocenters. The van der Waals surface area contributed by atoms with Gasteiger partial charge in [-0.05, 0) is 24.3 Å². The van der Waals surface area contributed by atoms with Crippen LogP contribution >= 0.6 is 0 Å². The zero-order valence-electron chi connectivity index (χ0n) is 13.0. The predicted octanol–water partition coefficient (Wildman–Crippen LogP) is 3.28. The minimum atomic E-state index is -4.46. The first-order chi connectivity index (χ1) is 12.4. The van der Waals surface area contributed by atoms with Gasteiger partial charge in [0.1, 0.15) is 18.0 Å². The maximum Gasteiger partial charge on any atom is 0.417 e. The van der Waals surface area contributed by atoms with Gasteiger partial charge in [-0.25, -0.2) is 19.9 Å². The predicted molar refractivity (Wildman–Crippen MR) is 86.7 cm³/mol. The fourth-order valence-electron chi connectivity index (χ4n) is 1.97. The molecule has 10 heteroatoms. The standard InChI is InChI=1S/C16H11F3N6O/c17-16(18,19)11-1-2-13(23-6-11)25-14-5-10(3-4-22-14)15(26)24-12-7-20-9-21-8-12/h1-9H,(H,24,26)(H,22,23,25). The van der Waals surface area contributed by atoms with E-state index in [1.54, 1.807) is 0 Å². The molecule has 26 heavy (non-hydrogen) atoms. The van der Waals surface area contributed by atoms with Crippen molar-refractivity contribution in [3.63, 3.8) is 0 Å². The molecule has 0 aliphatic rings. The average Bonchev–Trinajstić information content (AvgIpc) is 2.62. The molecule has 0 saturated heterocycles. The first-order valence-electron chi connectivity index (χ1n) is 7.24. The third-order valence-corrected chi connectivity index (χ3v) is 3.19. The largest absolute Gasteiger partial charge is 0.417 e. The summed E-state index contributed by atoms with van der Waals surface area (Å²) in [4.78, 5) is 27.5. The Labute approximate surface area is 145 Å². The Morgan fingerprint density at radius 1 is 0.962 bits per heavy atom. The van der Waals surface area contributed by atoms with Gasteiger partial charge in [-0.15, -0.1) is 0 Å². The molecule has 0 radical (unpaired) electrons. The van der Waals surface area contributed by atoms with Gasteiger partial charge in [-0.2, -0.15) is 13.2 Å². The highest BCUT2D eigenvalue weighted by molar-refractivity contribution is 6.04. The van der Waals surface area contributed by atoms with Gasteiger partial charge in [0.25, 0.3) is 5.91 Å². The number of alkyl halides is 3. The Kier molecular flexibility index (Phi) is 4.74. The zero-order chi connectivity index (χ0) is 18.6. The van der Waals surface area contributed by atoms with Gasteiger partial charge in [-0.3, -0.25) is 4.79 Å². The van der Waals surface area contributed by atoms with Crippen molar-refractivity contribution in [1.82, 2.24) is 19.9 Å². The Balaban J connectivity index is 1.72. The number of aromatic nitrogens is 4. The highest BCUT2D eigenvalue weighted by Gasteiger charge is 2.30. The Hall–Kier alpha value is -3.56. The topological polar surface area (TPSA) is 92.7 Å². The van der Waals surface area contributed by atoms with E-state index in [1.807, 2.05) is 0 Å². The minimum Gasteiger partial charge on any atom is -0.325 e. The van der Waals surface area contributed by atoms with Crippen molar-refractivity contribution in [2.24, 2.45) is 0 Å². The van der Waals surface area contributed by atoms with E-state index in [1.165, 1.54) is 43.1 Å². The van der Waals surface area contributed by atoms with Gasteiger partial charge in [0.2, 0.25) is 0 Å². The van der Waals surface area contributed by atoms with Gasteiger partial charge in [0, 0.05) is 18.0 Å². The van der Waals surface area contributed by atoms with Crippen LogP contribution in [0.25, 0.3) is 0 Å². The number of carbonyl (C=O) groups is 1. The Bertz CT molecular complexity index is 900. The first-order valence-corrected chi connectivity index (χ1v) is 7.24. The van der Waals surface area contributed by atoms with Crippen molar-refractivity contribution >= 4 is 23.2 Å². The molecule has 2 N–H and O–H groups in total. The summed E-state index contributed by atoms with van der Waals surface area (Å²) < 4.78 is 37.6. The third kappa shape index (κ3) is 4.29. The van der Waals surface area contributed by atoms with Crippen LogP contribution in [0.15, 0.2) is 55.4 Å². The normalized spacial score (nSPS) is 11.0. The maximum absolute atomic E-state index is 12.5. The molecule has 0 aliphatic heterocycles. The van der Waals surface area contributed by atoms with Crippen LogP contribution in [0.3, 0.4) is 0 Å². The van der Waals surface area contributed by atoms with E-state index in [9.17, 15) is 18.0 Å². The summed E-state index contributed by atoms with van der Waals surface area (Å²) in [5.41, 5.74) is -0.138. The molecular weight excluding hydrogens is 349 g/mol. The van der Waals surface area contributed by atoms with E-state index in [0.717, 1.165) is 6.07 Å². The number of amides is 1. The van der Waals surface area contributed by atoms with E-state index < -0.39 is 17.6 Å². The Morgan fingerprint density at radius 3 is 2.38 bits per heavy atom. The summed E-state index contributed by atoms with van der Waals surface area (Å²) in [7, 11) is 0. The van der Waals surface area contributed by atoms with Crippen molar-refractivity contribution in [1.29, 1.82) is 0 Å². The lowest BCUT2D eigenvalue weighted by Crippen LogP contribution is -2.13. The molecular formula is C16H11F3N6O. The highest BCUT2D eigenvalue weighted by atomic mass is 19.4. The van der Waals surface area contributed by atoms with Crippen LogP contribution in [0.5, 0.6) is 0 Å². The van der Waals surface area contributed by atoms with Crippen LogP contribution < -0.4 is 10.6 Å². The van der Waals surface area contributed by atoms with Crippen molar-refractivity contribution in [3.8, 4) is 0 Å². The molecule has 0 bridgehead atoms. The average molecular weight is 360 g/mol. The number of carbonyl (C=O) groups excluding carboxylic acids is 1. The van der Waals surface area contributed by atoms with Crippen molar-refractivity contribution < 1.29 is 18.0 Å². The fourth-order valence-corrected chi connectivity index (χ4v) is 1.97. The highest BCUT2D eigenvalue weighted by Crippen LogP contribution is 2.29. The van der Waals surface area contributed by atoms with Crippen LogP contribution in [0.4, 0.5) is 30.5 Å². The molecule has 7 nitrogen and oxygen atoms in total. The SMILES string of the molecule is O=C(Nc1cncnc1)c1ccnc(Nc2ccc(C(F)(F)F)cn2)c1. The Morgan fingerprint density at radius 2 is 1.73 bits per heavy atom. The molecule has 3 aromatic heterocycles. The first kappa shape index (κ1) is 17.3. The summed E-state index contributed by atoms with van der Waals surface area (Å²) in [6.45, 7) is 0. The monoisotopic (exact) mass is 360 g/mol. The molecule has 1 amide bonds. The number of hydrogen-bond donors (Lipinski definition) is 2. The molecule has 0 atom stereocenters. The number of rotatable bonds is 4. The molecule has 132 valence electrons. The summed E-state index contributed by atoms with van der Waals surface area (Å²) in [6, 6.07) is 5.02. The van der Waals surface area contributed by atoms with Crippen LogP contribution in [0.2, 0.25) is 0 Å². The number of nitrogens with one attached hydrogen (secondary N) is 2. The summed E-state index contributed by atoms with van der Waals surface area (Å²) >= 11 is 0. The molecule has 0 aliphatic carbocycles. The van der Waals surface area contributed by atoms with Gasteiger partial charge in [0.05, 0.1) is 23.6 Å². The van der Waals surface area contributed by atoms with Crippen molar-refractivity contribution in [2.75, 3.05) is 10.6 Å². The van der Waals surface area contributed by atoms with E-state index >= 15 is 0 Å². The van der Waals surface area contributed by atoms with Gasteiger partial charge in [-0.1, -0.05) is 0 Å². The lowest BCUT2D eigenvalue weighted by Gasteiger charge is -2.09. The van der Waals surface area contributed by atoms with Gasteiger partial charge >= 0.3 is 6.18 Å². The molecule has 3 aromatic rings. The van der Waals surface area contributed by atoms with Gasteiger partial charge in [0.15, 0.2) is 0 Å². The molecule has 0 spiro atoms. The minimum absolute atomic E-state index is 0.166. The number of hydrogen-bond acceptors (Lipinski definition) is 6. The fraction of sp³-hybridized carbons (Fsp3) is 0.0625. The second-order valence-electron chi connectivity index (χ2n) is 5.07. The third-order valence-electron chi connectivity index (χ3n) is 3.19. The van der Waals surface area contributed by atoms with Crippen LogP contribution in [-0.4, -0.2) is 25.8 Å². The molecule has 0 aromatic carbocycles. The second-order valence-corrected chi connectivity index (χ2v) is 5.07. The van der Waals surface area contributed by atoms with E-state index in [2.05, 4.69) is 30.6 Å². The molecule has 0 fully saturated rings. The van der Waals surface area contributed by atoms with Gasteiger partial charge < -0.3 is 10.6 Å². The van der Waals surface area contributed by atoms with Crippen molar-refractivity contribution in [2.45, 2.75) is 6.18 Å². The zero-order valence-corrected chi connectivity index (χ0v) is 13.0. The van der Waals surface area contributed by atoms with E-state index in [0.29, 0.717) is 17.4 Å². The van der Waals surface area contributed by atoms with Crippen LogP contribution in [0, 0.1) is 0 Å². The number of anilines is 3. The van der Waals surface area contributed by atoms with E-state index in [-0.39, 0.29) is 11.6 Å². The number of halogens is 3. The lowest BCUT2D eigenvalue weighted by molar-refractivity contribution is -0.137. The smallest absolute Gasteiger partial charge is 0.325 e. The van der Waals surface area contributed by atoms with E-state index in [4.69, 9.17) is 0 Å².